The van der Waals surface area contributed by atoms with Gasteiger partial charge in [-0.2, -0.15) is 0 Å². The molecule has 0 fully saturated rings. The Morgan fingerprint density at radius 3 is 0.767 bits per heavy atom. The molecule has 0 radical (unpaired) electrons. The van der Waals surface area contributed by atoms with Crippen LogP contribution in [0.1, 0.15) is 0 Å². The van der Waals surface area contributed by atoms with Crippen LogP contribution in [0.2, 0.25) is 13.1 Å². The summed E-state index contributed by atoms with van der Waals surface area (Å²) in [6.07, 6.45) is 0. The van der Waals surface area contributed by atoms with Crippen LogP contribution in [0.3, 0.4) is 0 Å². The predicted octanol–water partition coefficient (Wildman–Crippen LogP) is -10.3. The van der Waals surface area contributed by atoms with Crippen molar-refractivity contribution in [2.75, 3.05) is 0 Å². The molecule has 0 bridgehead atoms. The van der Waals surface area contributed by atoms with E-state index in [1.165, 1.54) is 0 Å². The molecule has 0 spiro atoms. The lowest BCUT2D eigenvalue weighted by Crippen LogP contribution is -2.56. The van der Waals surface area contributed by atoms with Crippen molar-refractivity contribution in [2.45, 2.75) is 13.1 Å². The molecular formula is C2H10O21Si20. The maximum Gasteiger partial charge on any atom is 0.533 e. The Balaban J connectivity index is 5.67. The average molecular weight is 932 g/mol. The van der Waals surface area contributed by atoms with E-state index in [1.807, 2.05) is 0 Å². The first-order valence-corrected chi connectivity index (χ1v) is 58.3. The highest BCUT2D eigenvalue weighted by Gasteiger charge is 2.56. The van der Waals surface area contributed by atoms with Gasteiger partial charge in [-0.3, -0.25) is 0 Å². The summed E-state index contributed by atoms with van der Waals surface area (Å²) in [7, 11) is -80.2. The number of hydrogen-bond acceptors (Lipinski definition) is 21. The maximum atomic E-state index is 12.4. The first kappa shape index (κ1) is 43.5. The monoisotopic (exact) mass is 930 g/mol. The van der Waals surface area contributed by atoms with Gasteiger partial charge < -0.3 is 94.0 Å². The molecule has 0 aromatic rings. The van der Waals surface area contributed by atoms with Crippen LogP contribution in [0.25, 0.3) is 0 Å². The molecule has 0 atom stereocenters. The van der Waals surface area contributed by atoms with E-state index >= 15 is 0 Å². The fraction of sp³-hybridized carbons (Fsp3) is 1.00. The molecule has 43 heavy (non-hydrogen) atoms. The minimum absolute atomic E-state index is 1.08. The summed E-state index contributed by atoms with van der Waals surface area (Å²) in [6, 6.07) is 0. The highest BCUT2D eigenvalue weighted by atomic mass is 30.1. The Morgan fingerprint density at radius 1 is 0.395 bits per heavy atom. The van der Waals surface area contributed by atoms with Crippen LogP contribution < -0.4 is 0 Å². The molecule has 0 aliphatic carbocycles. The second kappa shape index (κ2) is 18.7. The quantitative estimate of drug-likeness (QED) is 0.107. The second-order valence-electron chi connectivity index (χ2n) is 7.68. The first-order chi connectivity index (χ1) is 19.4. The van der Waals surface area contributed by atoms with Crippen LogP contribution >= 0.6 is 0 Å². The molecular weight excluding hydrogens is 922 g/mol. The van der Waals surface area contributed by atoms with Crippen molar-refractivity contribution >= 4 is 157 Å². The van der Waals surface area contributed by atoms with Crippen LogP contribution in [-0.4, -0.2) is 167 Å². The summed E-state index contributed by atoms with van der Waals surface area (Å²) in [5, 5.41) is 0. The molecule has 0 unspecified atom stereocenters. The van der Waals surface area contributed by atoms with E-state index in [0.29, 0.717) is 0 Å². The van der Waals surface area contributed by atoms with Gasteiger partial charge in [-0.05, 0) is 13.1 Å². The normalized spacial score (nSPS) is 10.5. The van der Waals surface area contributed by atoms with Crippen LogP contribution in [-0.2, 0) is 84.4 Å². The van der Waals surface area contributed by atoms with Crippen molar-refractivity contribution in [1.82, 2.24) is 0 Å². The van der Waals surface area contributed by atoms with Gasteiger partial charge in [-0.25, -0.2) is 0 Å². The Labute approximate surface area is 262 Å². The Morgan fingerprint density at radius 2 is 0.581 bits per heavy atom. The number of rotatable bonds is 20. The second-order valence-corrected chi connectivity index (χ2v) is 99.2. The zero-order valence-electron chi connectivity index (χ0n) is 20.9. The third kappa shape index (κ3) is 12.2. The molecule has 41 heteroatoms. The molecule has 0 rings (SSSR count). The lowest BCUT2D eigenvalue weighted by atomic mass is 11.9. The van der Waals surface area contributed by atoms with Gasteiger partial charge in [0.1, 0.15) is 0 Å². The lowest BCUT2D eigenvalue weighted by molar-refractivity contribution is 0.372. The molecule has 0 heterocycles. The van der Waals surface area contributed by atoms with Crippen LogP contribution in [0.15, 0.2) is 0 Å². The Hall–Kier alpha value is 0.458. The van der Waals surface area contributed by atoms with Gasteiger partial charge in [0.2, 0.25) is 9.28 Å². The maximum absolute atomic E-state index is 12.4. The third-order valence-corrected chi connectivity index (χ3v) is 144. The van der Waals surface area contributed by atoms with E-state index in [1.54, 1.807) is 0 Å². The summed E-state index contributed by atoms with van der Waals surface area (Å²) < 4.78 is 224. The molecule has 0 amide bonds. The fourth-order valence-electron chi connectivity index (χ4n) is 2.01. The first-order valence-electron chi connectivity index (χ1n) is 10.2. The summed E-state index contributed by atoms with van der Waals surface area (Å²) in [5.74, 6) is 0. The molecule has 0 aromatic heterocycles. The van der Waals surface area contributed by atoms with Crippen molar-refractivity contribution in [1.29, 1.82) is 0 Å². The smallest absolute Gasteiger partial charge is 0.533 e. The highest BCUT2D eigenvalue weighted by Crippen LogP contribution is 1.98. The van der Waals surface area contributed by atoms with E-state index in [0.717, 1.165) is 13.1 Å². The van der Waals surface area contributed by atoms with Gasteiger partial charge in [-0.15, -0.1) is 0 Å². The van der Waals surface area contributed by atoms with Crippen LogP contribution in [0, 0.1) is 0 Å². The lowest BCUT2D eigenvalue weighted by Gasteiger charge is -2.13. The van der Waals surface area contributed by atoms with Gasteiger partial charge in [0, 0.05) is 0 Å². The van der Waals surface area contributed by atoms with Crippen molar-refractivity contribution in [3.63, 3.8) is 0 Å². The van der Waals surface area contributed by atoms with Gasteiger partial charge in [-0.1, -0.05) is 0 Å². The minimum atomic E-state index is -4.39. The van der Waals surface area contributed by atoms with Crippen LogP contribution in [0.4, 0.5) is 0 Å². The largest absolute Gasteiger partial charge is 0.558 e. The number of hydrogen-bond donors (Lipinski definition) is 2. The molecule has 0 aliphatic rings. The topological polar surface area (TPSA) is 357 Å². The van der Waals surface area contributed by atoms with Gasteiger partial charge >= 0.3 is 148 Å². The summed E-state index contributed by atoms with van der Waals surface area (Å²) in [5.41, 5.74) is 0. The molecule has 0 saturated heterocycles. The minimum Gasteiger partial charge on any atom is -0.558 e. The standard InChI is InChI=1S/C2H10O21Si20/c1-43(2,22)23-25(4)27(6)29(8)31(10)33(12)35(14)37(16)39(18)41(20)42(21)40(19)38(17)36(15)34(13)32(11)30(9)28(7)26(5)24-3/h3,22H,24H2,1-2H3. The molecule has 2 N–H and O–H groups in total. The average Bonchev–Trinajstić information content (AvgIpc) is 2.97. The zero-order valence-corrected chi connectivity index (χ0v) is 41.3. The molecule has 21 nitrogen and oxygen atoms in total. The van der Waals surface area contributed by atoms with E-state index in [4.69, 9.17) is 4.80 Å². The predicted molar refractivity (Wildman–Crippen MR) is 147 cm³/mol. The van der Waals surface area contributed by atoms with Gasteiger partial charge in [0.05, 0.1) is 0 Å². The van der Waals surface area contributed by atoms with E-state index in [9.17, 15) is 85.1 Å². The van der Waals surface area contributed by atoms with E-state index in [-0.39, 0.29) is 0 Å². The van der Waals surface area contributed by atoms with Crippen molar-refractivity contribution in [3.8, 4) is 0 Å². The SMILES string of the molecule is C[Si](C)(O)O[Si](=O)[Si](=O)[Si](=O)[Si](=O)[Si](=O)[Si](=O)[Si](=O)[Si](=O)[Si](=O)[Si](=O)[Si](=O)[Si](=O)[Si](=O)[Si](=O)[Si](=O)[Si](=O)[Si](=O)[Si](=O)[SiH2]O. The molecule has 0 aliphatic heterocycles. The summed E-state index contributed by atoms with van der Waals surface area (Å²) >= 11 is 0. The fourth-order valence-corrected chi connectivity index (χ4v) is 205. The third-order valence-electron chi connectivity index (χ3n) is 4.02. The van der Waals surface area contributed by atoms with Gasteiger partial charge in [0.25, 0.3) is 0 Å². The Bertz CT molecular complexity index is 1560. The van der Waals surface area contributed by atoms with Crippen LogP contribution in [0.5, 0.6) is 0 Å². The van der Waals surface area contributed by atoms with Gasteiger partial charge in [0.15, 0.2) is 0 Å². The van der Waals surface area contributed by atoms with E-state index in [2.05, 4.69) is 4.12 Å². The van der Waals surface area contributed by atoms with Crippen molar-refractivity contribution < 1.29 is 94.0 Å². The summed E-state index contributed by atoms with van der Waals surface area (Å²) in [4.78, 5) is 18.3. The zero-order chi connectivity index (χ0) is 34.3. The molecule has 224 valence electrons. The van der Waals surface area contributed by atoms with Crippen molar-refractivity contribution in [3.05, 3.63) is 0 Å². The summed E-state index contributed by atoms with van der Waals surface area (Å²) in [6.45, 7) is 2.16. The van der Waals surface area contributed by atoms with E-state index < -0.39 is 157 Å². The highest BCUT2D eigenvalue weighted by molar-refractivity contribution is 7.82. The molecule has 0 aromatic carbocycles. The van der Waals surface area contributed by atoms with Crippen molar-refractivity contribution in [2.24, 2.45) is 0 Å². The molecule has 0 saturated carbocycles. The Kier molecular flexibility index (Phi) is 18.9.